The second kappa shape index (κ2) is 6.02. The largest absolute Gasteiger partial charge is 0.323 e. The van der Waals surface area contributed by atoms with Crippen molar-refractivity contribution in [2.24, 2.45) is 5.92 Å². The van der Waals surface area contributed by atoms with Crippen LogP contribution in [0.3, 0.4) is 0 Å². The Balaban J connectivity index is 1.49. The standard InChI is InChI=1S/C20H21FN2O/c1-12-4-2-3-5-14(12)16-10-17(16)20(24)23-18-7-6-13-11-22-9-8-15(13)19(18)21/h2-7,16-17,22H,8-11H2,1H3,(H,23,24). The van der Waals surface area contributed by atoms with Crippen molar-refractivity contribution in [1.29, 1.82) is 0 Å². The summed E-state index contributed by atoms with van der Waals surface area (Å²) in [5.41, 5.74) is 4.48. The highest BCUT2D eigenvalue weighted by atomic mass is 19.1. The average molecular weight is 324 g/mol. The quantitative estimate of drug-likeness (QED) is 0.907. The van der Waals surface area contributed by atoms with Crippen LogP contribution in [0.5, 0.6) is 0 Å². The first-order valence-corrected chi connectivity index (χ1v) is 8.52. The van der Waals surface area contributed by atoms with Crippen LogP contribution in [-0.2, 0) is 17.8 Å². The molecule has 0 saturated heterocycles. The van der Waals surface area contributed by atoms with Gasteiger partial charge >= 0.3 is 0 Å². The lowest BCUT2D eigenvalue weighted by atomic mass is 9.99. The van der Waals surface area contributed by atoms with Crippen molar-refractivity contribution in [2.45, 2.75) is 32.2 Å². The molecule has 2 N–H and O–H groups in total. The lowest BCUT2D eigenvalue weighted by Crippen LogP contribution is -2.25. The lowest BCUT2D eigenvalue weighted by molar-refractivity contribution is -0.117. The summed E-state index contributed by atoms with van der Waals surface area (Å²) < 4.78 is 14.6. The summed E-state index contributed by atoms with van der Waals surface area (Å²) in [6, 6.07) is 11.8. The van der Waals surface area contributed by atoms with Gasteiger partial charge in [0.15, 0.2) is 0 Å². The predicted molar refractivity (Wildman–Crippen MR) is 92.5 cm³/mol. The van der Waals surface area contributed by atoms with Gasteiger partial charge in [0.05, 0.1) is 5.69 Å². The molecule has 4 rings (SSSR count). The third kappa shape index (κ3) is 2.71. The molecule has 2 aliphatic rings. The minimum absolute atomic E-state index is 0.0526. The summed E-state index contributed by atoms with van der Waals surface area (Å²) in [6.45, 7) is 3.54. The van der Waals surface area contributed by atoms with Gasteiger partial charge in [0.2, 0.25) is 5.91 Å². The molecule has 1 saturated carbocycles. The molecule has 3 nitrogen and oxygen atoms in total. The fraction of sp³-hybridized carbons (Fsp3) is 0.350. The highest BCUT2D eigenvalue weighted by Crippen LogP contribution is 2.49. The molecule has 4 heteroatoms. The smallest absolute Gasteiger partial charge is 0.228 e. The number of nitrogens with one attached hydrogen (secondary N) is 2. The Morgan fingerprint density at radius 2 is 2.08 bits per heavy atom. The molecule has 24 heavy (non-hydrogen) atoms. The van der Waals surface area contributed by atoms with Gasteiger partial charge in [-0.3, -0.25) is 4.79 Å². The Labute approximate surface area is 141 Å². The van der Waals surface area contributed by atoms with E-state index in [1.54, 1.807) is 6.07 Å². The van der Waals surface area contributed by atoms with E-state index in [1.807, 2.05) is 18.2 Å². The molecule has 2 atom stereocenters. The SMILES string of the molecule is Cc1ccccc1C1CC1C(=O)Nc1ccc2c(c1F)CCNC2. The van der Waals surface area contributed by atoms with Crippen LogP contribution in [0.25, 0.3) is 0 Å². The van der Waals surface area contributed by atoms with Gasteiger partial charge in [0.1, 0.15) is 5.82 Å². The molecule has 1 aliphatic carbocycles. The maximum atomic E-state index is 14.6. The number of rotatable bonds is 3. The van der Waals surface area contributed by atoms with Crippen molar-refractivity contribution in [3.8, 4) is 0 Å². The van der Waals surface area contributed by atoms with Crippen LogP contribution >= 0.6 is 0 Å². The topological polar surface area (TPSA) is 41.1 Å². The number of halogens is 1. The fourth-order valence-electron chi connectivity index (χ4n) is 3.69. The van der Waals surface area contributed by atoms with Crippen molar-refractivity contribution < 1.29 is 9.18 Å². The van der Waals surface area contributed by atoms with Crippen molar-refractivity contribution in [3.63, 3.8) is 0 Å². The van der Waals surface area contributed by atoms with E-state index in [-0.39, 0.29) is 23.6 Å². The number of fused-ring (bicyclic) bond motifs is 1. The first kappa shape index (κ1) is 15.3. The third-order valence-corrected chi connectivity index (χ3v) is 5.18. The first-order chi connectivity index (χ1) is 11.6. The molecule has 0 radical (unpaired) electrons. The number of hydrogen-bond acceptors (Lipinski definition) is 2. The van der Waals surface area contributed by atoms with Gasteiger partial charge in [0, 0.05) is 12.5 Å². The van der Waals surface area contributed by atoms with Crippen LogP contribution in [0.4, 0.5) is 10.1 Å². The molecule has 2 aromatic rings. The van der Waals surface area contributed by atoms with Gasteiger partial charge in [-0.25, -0.2) is 4.39 Å². The maximum absolute atomic E-state index is 14.6. The van der Waals surface area contributed by atoms with Crippen molar-refractivity contribution in [1.82, 2.24) is 5.32 Å². The fourth-order valence-corrected chi connectivity index (χ4v) is 3.69. The van der Waals surface area contributed by atoms with Gasteiger partial charge in [0.25, 0.3) is 0 Å². The van der Waals surface area contributed by atoms with E-state index in [4.69, 9.17) is 0 Å². The van der Waals surface area contributed by atoms with Crippen molar-refractivity contribution in [3.05, 3.63) is 64.5 Å². The minimum Gasteiger partial charge on any atom is -0.323 e. The summed E-state index contributed by atoms with van der Waals surface area (Å²) in [6.07, 6.45) is 1.51. The van der Waals surface area contributed by atoms with Crippen molar-refractivity contribution >= 4 is 11.6 Å². The Morgan fingerprint density at radius 3 is 2.92 bits per heavy atom. The van der Waals surface area contributed by atoms with E-state index in [0.29, 0.717) is 18.7 Å². The number of aryl methyl sites for hydroxylation is 1. The zero-order chi connectivity index (χ0) is 16.7. The maximum Gasteiger partial charge on any atom is 0.228 e. The second-order valence-electron chi connectivity index (χ2n) is 6.79. The molecular formula is C20H21FN2O. The monoisotopic (exact) mass is 324 g/mol. The van der Waals surface area contributed by atoms with Gasteiger partial charge in [-0.2, -0.15) is 0 Å². The molecule has 0 aromatic heterocycles. The van der Waals surface area contributed by atoms with E-state index in [0.717, 1.165) is 24.1 Å². The predicted octanol–water partition coefficient (Wildman–Crippen LogP) is 3.52. The van der Waals surface area contributed by atoms with Gasteiger partial charge in [-0.1, -0.05) is 30.3 Å². The van der Waals surface area contributed by atoms with Crippen LogP contribution in [0.15, 0.2) is 36.4 Å². The lowest BCUT2D eigenvalue weighted by Gasteiger charge is -2.19. The highest BCUT2D eigenvalue weighted by Gasteiger charge is 2.44. The molecule has 2 aromatic carbocycles. The number of anilines is 1. The van der Waals surface area contributed by atoms with E-state index in [1.165, 1.54) is 11.1 Å². The normalized spacial score (nSPS) is 21.9. The molecule has 124 valence electrons. The number of hydrogen-bond donors (Lipinski definition) is 2. The van der Waals surface area contributed by atoms with E-state index >= 15 is 0 Å². The zero-order valence-electron chi connectivity index (χ0n) is 13.7. The van der Waals surface area contributed by atoms with Crippen LogP contribution in [0.2, 0.25) is 0 Å². The second-order valence-corrected chi connectivity index (χ2v) is 6.79. The number of carbonyl (C=O) groups excluding carboxylic acids is 1. The number of carbonyl (C=O) groups is 1. The Kier molecular flexibility index (Phi) is 3.85. The van der Waals surface area contributed by atoms with Crippen LogP contribution in [0, 0.1) is 18.7 Å². The van der Waals surface area contributed by atoms with E-state index in [2.05, 4.69) is 29.7 Å². The highest BCUT2D eigenvalue weighted by molar-refractivity contribution is 5.95. The third-order valence-electron chi connectivity index (χ3n) is 5.18. The summed E-state index contributed by atoms with van der Waals surface area (Å²) >= 11 is 0. The van der Waals surface area contributed by atoms with Gasteiger partial charge in [-0.15, -0.1) is 0 Å². The number of amides is 1. The molecule has 1 heterocycles. The van der Waals surface area contributed by atoms with Gasteiger partial charge in [-0.05, 0) is 60.5 Å². The van der Waals surface area contributed by atoms with Crippen LogP contribution in [-0.4, -0.2) is 12.5 Å². The summed E-state index contributed by atoms with van der Waals surface area (Å²) in [5.74, 6) is -0.134. The molecule has 1 aliphatic heterocycles. The number of benzene rings is 2. The Hall–Kier alpha value is -2.20. The molecule has 0 spiro atoms. The summed E-state index contributed by atoms with van der Waals surface area (Å²) in [4.78, 5) is 12.5. The Morgan fingerprint density at radius 1 is 1.25 bits per heavy atom. The van der Waals surface area contributed by atoms with E-state index < -0.39 is 0 Å². The zero-order valence-corrected chi connectivity index (χ0v) is 13.7. The van der Waals surface area contributed by atoms with Crippen molar-refractivity contribution in [2.75, 3.05) is 11.9 Å². The molecule has 1 fully saturated rings. The first-order valence-electron chi connectivity index (χ1n) is 8.52. The molecular weight excluding hydrogens is 303 g/mol. The summed E-state index contributed by atoms with van der Waals surface area (Å²) in [7, 11) is 0. The average Bonchev–Trinajstić information content (AvgIpc) is 3.39. The van der Waals surface area contributed by atoms with Crippen LogP contribution < -0.4 is 10.6 Å². The molecule has 1 amide bonds. The minimum atomic E-state index is -0.268. The summed E-state index contributed by atoms with van der Waals surface area (Å²) in [5, 5.41) is 6.04. The van der Waals surface area contributed by atoms with Gasteiger partial charge < -0.3 is 10.6 Å². The molecule has 0 bridgehead atoms. The molecule has 2 unspecified atom stereocenters. The van der Waals surface area contributed by atoms with E-state index in [9.17, 15) is 9.18 Å². The Bertz CT molecular complexity index is 802. The van der Waals surface area contributed by atoms with Crippen LogP contribution in [0.1, 0.15) is 34.6 Å².